The van der Waals surface area contributed by atoms with Crippen LogP contribution in [0.5, 0.6) is 0 Å². The third-order valence-corrected chi connectivity index (χ3v) is 5.31. The highest BCUT2D eigenvalue weighted by atomic mass is 79.9. The first-order valence-electron chi connectivity index (χ1n) is 10.1. The summed E-state index contributed by atoms with van der Waals surface area (Å²) in [7, 11) is 0. The van der Waals surface area contributed by atoms with Crippen LogP contribution in [-0.2, 0) is 9.53 Å². The second-order valence-corrected chi connectivity index (χ2v) is 9.63. The van der Waals surface area contributed by atoms with Gasteiger partial charge in [0.15, 0.2) is 0 Å². The van der Waals surface area contributed by atoms with Crippen LogP contribution in [0.15, 0.2) is 33.5 Å². The lowest BCUT2D eigenvalue weighted by Crippen LogP contribution is -2.37. The predicted molar refractivity (Wildman–Crippen MR) is 116 cm³/mol. The van der Waals surface area contributed by atoms with Gasteiger partial charge in [0.2, 0.25) is 5.91 Å². The van der Waals surface area contributed by atoms with Gasteiger partial charge in [-0.05, 0) is 74.6 Å². The molecule has 2 rings (SSSR count). The highest BCUT2D eigenvalue weighted by Crippen LogP contribution is 2.31. The van der Waals surface area contributed by atoms with Crippen LogP contribution in [0.2, 0.25) is 0 Å². The molecular weight excluding hydrogens is 420 g/mol. The number of allylic oxidation sites excluding steroid dienone is 3. The zero-order valence-corrected chi connectivity index (χ0v) is 19.4. The van der Waals surface area contributed by atoms with Crippen molar-refractivity contribution in [1.29, 1.82) is 0 Å². The van der Waals surface area contributed by atoms with Crippen molar-refractivity contribution >= 4 is 27.9 Å². The molecule has 2 aliphatic rings. The zero-order valence-electron chi connectivity index (χ0n) is 17.8. The van der Waals surface area contributed by atoms with Crippen molar-refractivity contribution < 1.29 is 14.3 Å². The van der Waals surface area contributed by atoms with E-state index in [9.17, 15) is 9.59 Å². The summed E-state index contributed by atoms with van der Waals surface area (Å²) in [5.41, 5.74) is 3.16. The molecule has 0 bridgehead atoms. The van der Waals surface area contributed by atoms with Gasteiger partial charge in [0.1, 0.15) is 5.60 Å². The monoisotopic (exact) mass is 452 g/mol. The number of hydrogen-bond donors (Lipinski definition) is 0. The number of carbonyl (C=O) groups excluding carboxylic acids is 2. The predicted octanol–water partition coefficient (Wildman–Crippen LogP) is 5.53. The quantitative estimate of drug-likeness (QED) is 0.565. The van der Waals surface area contributed by atoms with Crippen LogP contribution in [0, 0.1) is 0 Å². The lowest BCUT2D eigenvalue weighted by molar-refractivity contribution is -0.129. The second kappa shape index (κ2) is 9.77. The van der Waals surface area contributed by atoms with Gasteiger partial charge in [-0.2, -0.15) is 0 Å². The number of nitrogens with zero attached hydrogens (tertiary/aromatic N) is 2. The van der Waals surface area contributed by atoms with Crippen molar-refractivity contribution in [2.75, 3.05) is 19.6 Å². The van der Waals surface area contributed by atoms with Crippen molar-refractivity contribution in [1.82, 2.24) is 9.80 Å². The highest BCUT2D eigenvalue weighted by Gasteiger charge is 2.26. The summed E-state index contributed by atoms with van der Waals surface area (Å²) in [6.45, 7) is 11.8. The van der Waals surface area contributed by atoms with Crippen molar-refractivity contribution in [2.24, 2.45) is 0 Å². The maximum absolute atomic E-state index is 12.5. The molecule has 0 aromatic heterocycles. The van der Waals surface area contributed by atoms with E-state index in [-0.39, 0.29) is 12.0 Å². The number of hydrogen-bond acceptors (Lipinski definition) is 3. The number of amides is 2. The Hall–Kier alpha value is -1.56. The van der Waals surface area contributed by atoms with Crippen LogP contribution in [0.4, 0.5) is 4.79 Å². The number of rotatable bonds is 3. The molecule has 28 heavy (non-hydrogen) atoms. The van der Waals surface area contributed by atoms with Gasteiger partial charge in [-0.1, -0.05) is 28.9 Å². The Morgan fingerprint density at radius 1 is 1.21 bits per heavy atom. The summed E-state index contributed by atoms with van der Waals surface area (Å²) in [5.74, 6) is 0.202. The van der Waals surface area contributed by atoms with Gasteiger partial charge in [0.25, 0.3) is 0 Å². The molecule has 0 unspecified atom stereocenters. The minimum atomic E-state index is -0.492. The highest BCUT2D eigenvalue weighted by molar-refractivity contribution is 9.11. The van der Waals surface area contributed by atoms with Gasteiger partial charge in [0, 0.05) is 32.3 Å². The summed E-state index contributed by atoms with van der Waals surface area (Å²) in [4.78, 5) is 28.2. The van der Waals surface area contributed by atoms with Crippen molar-refractivity contribution in [3.63, 3.8) is 0 Å². The molecule has 0 spiro atoms. The molecule has 6 heteroatoms. The molecular formula is C22H33BrN2O3. The molecule has 0 aromatic carbocycles. The van der Waals surface area contributed by atoms with Crippen molar-refractivity contribution in [2.45, 2.75) is 72.3 Å². The standard InChI is InChI=1S/C22H33BrN2O3/c1-6-11-25-15-17(7-8-20(25)26)14-18-9-12-24(13-10-19(18)16(2)23)21(27)28-22(3,4)5/h14-15H,6-13H2,1-5H3/b18-14-,19-16+. The Morgan fingerprint density at radius 3 is 2.50 bits per heavy atom. The average molecular weight is 453 g/mol. The summed E-state index contributed by atoms with van der Waals surface area (Å²) in [6.07, 6.45) is 7.80. The summed E-state index contributed by atoms with van der Waals surface area (Å²) < 4.78 is 6.65. The van der Waals surface area contributed by atoms with Crippen LogP contribution >= 0.6 is 15.9 Å². The maximum atomic E-state index is 12.5. The number of likely N-dealkylation sites (tertiary alicyclic amines) is 1. The molecule has 0 radical (unpaired) electrons. The molecule has 2 aliphatic heterocycles. The molecule has 0 N–H and O–H groups in total. The van der Waals surface area contributed by atoms with E-state index in [4.69, 9.17) is 4.74 Å². The average Bonchev–Trinajstić information content (AvgIpc) is 2.79. The summed E-state index contributed by atoms with van der Waals surface area (Å²) in [5, 5.41) is 0. The molecule has 0 atom stereocenters. The van der Waals surface area contributed by atoms with E-state index in [0.717, 1.165) is 36.7 Å². The topological polar surface area (TPSA) is 49.9 Å². The molecule has 1 saturated heterocycles. The maximum Gasteiger partial charge on any atom is 0.410 e. The molecule has 0 aliphatic carbocycles. The molecule has 1 fully saturated rings. The van der Waals surface area contributed by atoms with Crippen LogP contribution in [0.25, 0.3) is 0 Å². The van der Waals surface area contributed by atoms with Gasteiger partial charge < -0.3 is 14.5 Å². The van der Waals surface area contributed by atoms with E-state index in [1.54, 1.807) is 4.90 Å². The Morgan fingerprint density at radius 2 is 1.89 bits per heavy atom. The molecule has 2 heterocycles. The van der Waals surface area contributed by atoms with E-state index < -0.39 is 5.60 Å². The molecule has 5 nitrogen and oxygen atoms in total. The lowest BCUT2D eigenvalue weighted by atomic mass is 9.96. The Balaban J connectivity index is 2.22. The minimum Gasteiger partial charge on any atom is -0.444 e. The first-order chi connectivity index (χ1) is 13.1. The van der Waals surface area contributed by atoms with Crippen molar-refractivity contribution in [3.05, 3.63) is 33.5 Å². The first-order valence-corrected chi connectivity index (χ1v) is 10.9. The smallest absolute Gasteiger partial charge is 0.410 e. The normalized spacial score (nSPS) is 22.1. The van der Waals surface area contributed by atoms with Crippen LogP contribution in [-0.4, -0.2) is 47.0 Å². The van der Waals surface area contributed by atoms with E-state index in [1.165, 1.54) is 16.7 Å². The zero-order chi connectivity index (χ0) is 20.9. The number of halogens is 1. The second-order valence-electron chi connectivity index (χ2n) is 8.44. The van der Waals surface area contributed by atoms with Gasteiger partial charge >= 0.3 is 6.09 Å². The molecule has 0 aromatic rings. The fourth-order valence-corrected chi connectivity index (χ4v) is 3.94. The van der Waals surface area contributed by atoms with E-state index >= 15 is 0 Å². The number of carbonyl (C=O) groups is 2. The van der Waals surface area contributed by atoms with Crippen LogP contribution in [0.3, 0.4) is 0 Å². The molecule has 0 saturated carbocycles. The van der Waals surface area contributed by atoms with Gasteiger partial charge in [-0.3, -0.25) is 4.79 Å². The third-order valence-electron chi connectivity index (χ3n) is 4.83. The molecule has 2 amide bonds. The fraction of sp³-hybridized carbons (Fsp3) is 0.636. The van der Waals surface area contributed by atoms with Gasteiger partial charge in [0.05, 0.1) is 0 Å². The first kappa shape index (κ1) is 22.7. The fourth-order valence-electron chi connectivity index (χ4n) is 3.48. The largest absolute Gasteiger partial charge is 0.444 e. The SMILES string of the molecule is CCCN1C=C(/C=C2/CCN(C(=O)OC(C)(C)C)CC/C2=C(/C)Br)CCC1=O. The minimum absolute atomic E-state index is 0.202. The third kappa shape index (κ3) is 6.50. The molecule has 156 valence electrons. The van der Waals surface area contributed by atoms with E-state index in [0.29, 0.717) is 19.5 Å². The Labute approximate surface area is 177 Å². The van der Waals surface area contributed by atoms with Gasteiger partial charge in [-0.15, -0.1) is 0 Å². The van der Waals surface area contributed by atoms with Crippen LogP contribution in [0.1, 0.15) is 66.7 Å². The summed E-state index contributed by atoms with van der Waals surface area (Å²) >= 11 is 3.65. The van der Waals surface area contributed by atoms with E-state index in [2.05, 4.69) is 35.9 Å². The Kier molecular flexibility index (Phi) is 7.93. The lowest BCUT2D eigenvalue weighted by Gasteiger charge is -2.26. The Bertz CT molecular complexity index is 697. The van der Waals surface area contributed by atoms with Crippen LogP contribution < -0.4 is 0 Å². The summed E-state index contributed by atoms with van der Waals surface area (Å²) in [6, 6.07) is 0. The van der Waals surface area contributed by atoms with E-state index in [1.807, 2.05) is 31.9 Å². The number of ether oxygens (including phenoxy) is 1. The van der Waals surface area contributed by atoms with Gasteiger partial charge in [-0.25, -0.2) is 4.79 Å². The van der Waals surface area contributed by atoms with Crippen molar-refractivity contribution in [3.8, 4) is 0 Å².